The fourth-order valence-electron chi connectivity index (χ4n) is 4.16. The second-order valence-electron chi connectivity index (χ2n) is 8.02. The number of hydrogen-bond donors (Lipinski definition) is 0. The molecular formula is C25H23N3O2S. The van der Waals surface area contributed by atoms with Crippen LogP contribution in [0.1, 0.15) is 23.1 Å². The van der Waals surface area contributed by atoms with Crippen molar-refractivity contribution >= 4 is 27.5 Å². The first-order chi connectivity index (χ1) is 15.1. The van der Waals surface area contributed by atoms with Crippen molar-refractivity contribution in [3.8, 4) is 11.1 Å². The van der Waals surface area contributed by atoms with Crippen LogP contribution in [0.15, 0.2) is 65.0 Å². The van der Waals surface area contributed by atoms with Gasteiger partial charge in [-0.3, -0.25) is 14.2 Å². The highest BCUT2D eigenvalue weighted by Gasteiger charge is 2.20. The van der Waals surface area contributed by atoms with Crippen molar-refractivity contribution in [1.82, 2.24) is 14.5 Å². The summed E-state index contributed by atoms with van der Waals surface area (Å²) in [5.41, 5.74) is 5.54. The summed E-state index contributed by atoms with van der Waals surface area (Å²) in [4.78, 5) is 33.1. The van der Waals surface area contributed by atoms with E-state index in [0.717, 1.165) is 28.9 Å². The summed E-state index contributed by atoms with van der Waals surface area (Å²) in [7, 11) is 0. The zero-order chi connectivity index (χ0) is 21.4. The maximum Gasteiger partial charge on any atom is 0.262 e. The fraction of sp³-hybridized carbons (Fsp3) is 0.240. The van der Waals surface area contributed by atoms with Gasteiger partial charge in [0.25, 0.3) is 5.56 Å². The molecule has 0 radical (unpaired) electrons. The smallest absolute Gasteiger partial charge is 0.262 e. The lowest BCUT2D eigenvalue weighted by molar-refractivity contribution is -0.132. The van der Waals surface area contributed by atoms with Crippen LogP contribution >= 0.6 is 11.3 Å². The van der Waals surface area contributed by atoms with Gasteiger partial charge in [-0.2, -0.15) is 0 Å². The first-order valence-corrected chi connectivity index (χ1v) is 11.4. The van der Waals surface area contributed by atoms with Gasteiger partial charge in [-0.25, -0.2) is 4.98 Å². The number of hydrogen-bond acceptors (Lipinski definition) is 4. The van der Waals surface area contributed by atoms with E-state index in [9.17, 15) is 9.59 Å². The lowest BCUT2D eigenvalue weighted by atomic mass is 10.00. The lowest BCUT2D eigenvalue weighted by Gasteiger charge is -2.29. The molecule has 156 valence electrons. The molecule has 0 fully saturated rings. The molecule has 2 aromatic heterocycles. The van der Waals surface area contributed by atoms with Gasteiger partial charge in [0.1, 0.15) is 4.83 Å². The average molecular weight is 430 g/mol. The highest BCUT2D eigenvalue weighted by molar-refractivity contribution is 7.17. The summed E-state index contributed by atoms with van der Waals surface area (Å²) in [5.74, 6) is 0.0746. The van der Waals surface area contributed by atoms with Crippen molar-refractivity contribution in [1.29, 1.82) is 0 Å². The zero-order valence-corrected chi connectivity index (χ0v) is 18.2. The Balaban J connectivity index is 1.36. The normalized spacial score (nSPS) is 13.4. The molecule has 0 saturated heterocycles. The molecule has 4 aromatic rings. The number of carbonyl (C=O) groups is 1. The topological polar surface area (TPSA) is 55.2 Å². The highest BCUT2D eigenvalue weighted by Crippen LogP contribution is 2.30. The van der Waals surface area contributed by atoms with E-state index in [0.29, 0.717) is 24.9 Å². The van der Waals surface area contributed by atoms with Gasteiger partial charge in [0.2, 0.25) is 5.91 Å². The monoisotopic (exact) mass is 429 g/mol. The maximum atomic E-state index is 13.2. The van der Waals surface area contributed by atoms with Crippen molar-refractivity contribution < 1.29 is 4.79 Å². The summed E-state index contributed by atoms with van der Waals surface area (Å²) in [6, 6.07) is 16.4. The number of amides is 1. The summed E-state index contributed by atoms with van der Waals surface area (Å²) in [5, 5.41) is 2.63. The molecule has 0 atom stereocenters. The number of aryl methyl sites for hydroxylation is 2. The Hall–Kier alpha value is -3.25. The molecular weight excluding hydrogens is 406 g/mol. The average Bonchev–Trinajstić information content (AvgIpc) is 3.23. The fourth-order valence-corrected chi connectivity index (χ4v) is 5.06. The Bertz CT molecular complexity index is 1320. The van der Waals surface area contributed by atoms with E-state index in [1.807, 2.05) is 53.6 Å². The van der Waals surface area contributed by atoms with Gasteiger partial charge in [0, 0.05) is 37.0 Å². The van der Waals surface area contributed by atoms with Gasteiger partial charge >= 0.3 is 0 Å². The summed E-state index contributed by atoms with van der Waals surface area (Å²) >= 11 is 1.48. The Morgan fingerprint density at radius 3 is 2.68 bits per heavy atom. The third-order valence-corrected chi connectivity index (χ3v) is 6.86. The van der Waals surface area contributed by atoms with Crippen molar-refractivity contribution in [2.75, 3.05) is 6.54 Å². The quantitative estimate of drug-likeness (QED) is 0.483. The van der Waals surface area contributed by atoms with Gasteiger partial charge in [-0.05, 0) is 30.0 Å². The Morgan fingerprint density at radius 1 is 1.10 bits per heavy atom. The Kier molecular flexibility index (Phi) is 5.16. The van der Waals surface area contributed by atoms with E-state index >= 15 is 0 Å². The van der Waals surface area contributed by atoms with E-state index < -0.39 is 0 Å². The van der Waals surface area contributed by atoms with Crippen molar-refractivity contribution in [2.24, 2.45) is 0 Å². The molecule has 5 nitrogen and oxygen atoms in total. The number of thiophene rings is 1. The molecule has 1 aliphatic rings. The number of benzene rings is 2. The first-order valence-electron chi connectivity index (χ1n) is 10.5. The molecule has 0 aliphatic carbocycles. The maximum absolute atomic E-state index is 13.2. The summed E-state index contributed by atoms with van der Waals surface area (Å²) in [6.45, 7) is 3.75. The van der Waals surface area contributed by atoms with Crippen LogP contribution in [0, 0.1) is 6.92 Å². The number of carbonyl (C=O) groups excluding carboxylic acids is 1. The number of fused-ring (bicyclic) bond motifs is 2. The van der Waals surface area contributed by atoms with E-state index in [4.69, 9.17) is 0 Å². The van der Waals surface area contributed by atoms with Gasteiger partial charge in [0.05, 0.1) is 11.7 Å². The van der Waals surface area contributed by atoms with Gasteiger partial charge in [-0.15, -0.1) is 11.3 Å². The van der Waals surface area contributed by atoms with Crippen LogP contribution in [0.4, 0.5) is 0 Å². The molecule has 0 spiro atoms. The predicted molar refractivity (Wildman–Crippen MR) is 124 cm³/mol. The van der Waals surface area contributed by atoms with Gasteiger partial charge < -0.3 is 4.90 Å². The van der Waals surface area contributed by atoms with E-state index in [2.05, 4.69) is 17.1 Å². The number of nitrogens with zero attached hydrogens (tertiary/aromatic N) is 3. The van der Waals surface area contributed by atoms with Crippen molar-refractivity contribution in [2.45, 2.75) is 32.9 Å². The lowest BCUT2D eigenvalue weighted by Crippen LogP contribution is -2.36. The Morgan fingerprint density at radius 2 is 1.87 bits per heavy atom. The van der Waals surface area contributed by atoms with E-state index in [-0.39, 0.29) is 11.5 Å². The standard InChI is InChI=1S/C25H23N3O2S/c1-17-6-8-19(9-7-17)21-15-31-24-23(21)25(30)28(16-26-24)13-11-22(29)27-12-10-18-4-2-3-5-20(18)14-27/h2-9,15-16H,10-14H2,1H3. The minimum absolute atomic E-state index is 0.0746. The molecule has 0 bridgehead atoms. The molecule has 0 unspecified atom stereocenters. The van der Waals surface area contributed by atoms with E-state index in [1.54, 1.807) is 10.9 Å². The number of aromatic nitrogens is 2. The molecule has 6 heteroatoms. The summed E-state index contributed by atoms with van der Waals surface area (Å²) < 4.78 is 1.57. The van der Waals surface area contributed by atoms with Crippen molar-refractivity contribution in [3.63, 3.8) is 0 Å². The minimum Gasteiger partial charge on any atom is -0.338 e. The third kappa shape index (κ3) is 3.79. The van der Waals surface area contributed by atoms with Crippen LogP contribution in [0.5, 0.6) is 0 Å². The Labute approximate surface area is 184 Å². The van der Waals surface area contributed by atoms with Crippen LogP contribution in [0.2, 0.25) is 0 Å². The summed E-state index contributed by atoms with van der Waals surface area (Å²) in [6.07, 6.45) is 2.74. The molecule has 0 N–H and O–H groups in total. The largest absolute Gasteiger partial charge is 0.338 e. The van der Waals surface area contributed by atoms with Crippen LogP contribution in [-0.2, 0) is 24.3 Å². The second-order valence-corrected chi connectivity index (χ2v) is 8.88. The molecule has 1 aliphatic heterocycles. The number of rotatable bonds is 4. The second kappa shape index (κ2) is 8.12. The molecule has 31 heavy (non-hydrogen) atoms. The van der Waals surface area contributed by atoms with Crippen LogP contribution in [0.25, 0.3) is 21.3 Å². The molecule has 2 aromatic carbocycles. The van der Waals surface area contributed by atoms with Crippen molar-refractivity contribution in [3.05, 3.63) is 87.3 Å². The van der Waals surface area contributed by atoms with Gasteiger partial charge in [-0.1, -0.05) is 54.1 Å². The molecule has 0 saturated carbocycles. The predicted octanol–water partition coefficient (Wildman–Crippen LogP) is 4.41. The van der Waals surface area contributed by atoms with Crippen LogP contribution in [0.3, 0.4) is 0 Å². The minimum atomic E-state index is -0.0846. The molecule has 3 heterocycles. The first kappa shape index (κ1) is 19.7. The third-order valence-electron chi connectivity index (χ3n) is 5.97. The zero-order valence-electron chi connectivity index (χ0n) is 17.4. The SMILES string of the molecule is Cc1ccc(-c2csc3ncn(CCC(=O)N4CCc5ccccc5C4)c(=O)c23)cc1. The van der Waals surface area contributed by atoms with Crippen LogP contribution < -0.4 is 5.56 Å². The van der Waals surface area contributed by atoms with Gasteiger partial charge in [0.15, 0.2) is 0 Å². The highest BCUT2D eigenvalue weighted by atomic mass is 32.1. The van der Waals surface area contributed by atoms with Crippen LogP contribution in [-0.4, -0.2) is 26.9 Å². The molecule has 5 rings (SSSR count). The molecule has 1 amide bonds. The van der Waals surface area contributed by atoms with E-state index in [1.165, 1.54) is 28.0 Å².